The molecule has 1 nitrogen and oxygen atoms in total. The predicted octanol–water partition coefficient (Wildman–Crippen LogP) is 3.07. The largest absolute Gasteiger partial charge is 0.298 e. The molecule has 1 saturated carbocycles. The number of thioether (sulfide) groups is 1. The van der Waals surface area contributed by atoms with E-state index in [1.54, 1.807) is 11.8 Å². The zero-order valence-electron chi connectivity index (χ0n) is 8.61. The summed E-state index contributed by atoms with van der Waals surface area (Å²) in [5, 5.41) is 0.215. The lowest BCUT2D eigenvalue weighted by Crippen LogP contribution is -2.30. The van der Waals surface area contributed by atoms with Gasteiger partial charge in [0.15, 0.2) is 0 Å². The smallest absolute Gasteiger partial charge is 0.149 e. The second-order valence-corrected chi connectivity index (χ2v) is 5.69. The lowest BCUT2D eigenvalue weighted by Gasteiger charge is -2.26. The van der Waals surface area contributed by atoms with Crippen molar-refractivity contribution < 1.29 is 4.79 Å². The number of hydrogen-bond acceptors (Lipinski definition) is 2. The van der Waals surface area contributed by atoms with Crippen molar-refractivity contribution in [2.24, 2.45) is 5.92 Å². The van der Waals surface area contributed by atoms with E-state index in [0.29, 0.717) is 11.7 Å². The van der Waals surface area contributed by atoms with E-state index in [-0.39, 0.29) is 5.25 Å². The highest BCUT2D eigenvalue weighted by Gasteiger charge is 2.35. The number of ketones is 1. The number of rotatable bonds is 2. The maximum absolute atomic E-state index is 12.1. The van der Waals surface area contributed by atoms with Crippen molar-refractivity contribution in [1.82, 2.24) is 0 Å². The summed E-state index contributed by atoms with van der Waals surface area (Å²) in [5.74, 6) is 0.888. The molecule has 78 valence electrons. The van der Waals surface area contributed by atoms with Crippen LogP contribution in [-0.4, -0.2) is 11.0 Å². The van der Waals surface area contributed by atoms with Gasteiger partial charge in [0.2, 0.25) is 0 Å². The third-order valence-corrected chi connectivity index (χ3v) is 4.81. The molecule has 2 aliphatic rings. The SMILES string of the molecule is O=C(C1CCC1)C1Cc2ccccc2S1. The minimum absolute atomic E-state index is 0.215. The molecule has 0 bridgehead atoms. The fourth-order valence-electron chi connectivity index (χ4n) is 2.30. The van der Waals surface area contributed by atoms with Crippen LogP contribution in [0.3, 0.4) is 0 Å². The fourth-order valence-corrected chi connectivity index (χ4v) is 3.63. The van der Waals surface area contributed by atoms with Crippen LogP contribution in [0.4, 0.5) is 0 Å². The standard InChI is InChI=1S/C13H14OS/c14-13(9-5-3-6-9)12-8-10-4-1-2-7-11(10)15-12/h1-2,4,7,9,12H,3,5-6,8H2. The van der Waals surface area contributed by atoms with Gasteiger partial charge in [-0.1, -0.05) is 24.6 Å². The Bertz CT molecular complexity index is 370. The summed E-state index contributed by atoms with van der Waals surface area (Å²) in [5.41, 5.74) is 1.36. The Labute approximate surface area is 94.3 Å². The van der Waals surface area contributed by atoms with Crippen molar-refractivity contribution in [2.45, 2.75) is 35.8 Å². The molecule has 1 aromatic rings. The molecular formula is C13H14OS. The van der Waals surface area contributed by atoms with Crippen molar-refractivity contribution >= 4 is 17.5 Å². The molecule has 1 unspecified atom stereocenters. The Balaban J connectivity index is 1.75. The Kier molecular flexibility index (Phi) is 2.32. The zero-order valence-corrected chi connectivity index (χ0v) is 9.43. The zero-order chi connectivity index (χ0) is 10.3. The molecule has 0 aromatic heterocycles. The minimum Gasteiger partial charge on any atom is -0.298 e. The van der Waals surface area contributed by atoms with E-state index >= 15 is 0 Å². The quantitative estimate of drug-likeness (QED) is 0.759. The van der Waals surface area contributed by atoms with Gasteiger partial charge in [0.1, 0.15) is 5.78 Å². The predicted molar refractivity (Wildman–Crippen MR) is 62.1 cm³/mol. The van der Waals surface area contributed by atoms with Crippen LogP contribution in [0.1, 0.15) is 24.8 Å². The van der Waals surface area contributed by atoms with Crippen LogP contribution >= 0.6 is 11.8 Å². The number of fused-ring (bicyclic) bond motifs is 1. The Morgan fingerprint density at radius 1 is 1.27 bits per heavy atom. The number of Topliss-reactive ketones (excluding diaryl/α,β-unsaturated/α-hetero) is 1. The molecule has 1 aromatic carbocycles. The highest BCUT2D eigenvalue weighted by Crippen LogP contribution is 2.40. The fraction of sp³-hybridized carbons (Fsp3) is 0.462. The Morgan fingerprint density at radius 2 is 2.07 bits per heavy atom. The third kappa shape index (κ3) is 1.61. The molecule has 0 amide bonds. The van der Waals surface area contributed by atoms with Gasteiger partial charge in [0, 0.05) is 10.8 Å². The van der Waals surface area contributed by atoms with Crippen LogP contribution in [0.15, 0.2) is 29.2 Å². The van der Waals surface area contributed by atoms with Crippen LogP contribution in [0.25, 0.3) is 0 Å². The van der Waals surface area contributed by atoms with E-state index in [4.69, 9.17) is 0 Å². The number of carbonyl (C=O) groups is 1. The molecule has 1 fully saturated rings. The molecule has 0 saturated heterocycles. The summed E-state index contributed by atoms with van der Waals surface area (Å²) in [4.78, 5) is 13.4. The Morgan fingerprint density at radius 3 is 2.73 bits per heavy atom. The molecular weight excluding hydrogens is 204 g/mol. The average Bonchev–Trinajstić information content (AvgIpc) is 2.58. The third-order valence-electron chi connectivity index (χ3n) is 3.47. The highest BCUT2D eigenvalue weighted by molar-refractivity contribution is 8.01. The molecule has 0 radical (unpaired) electrons. The first-order chi connectivity index (χ1) is 7.34. The molecule has 3 rings (SSSR count). The molecule has 1 aliphatic heterocycles. The van der Waals surface area contributed by atoms with Crippen LogP contribution < -0.4 is 0 Å². The molecule has 1 heterocycles. The van der Waals surface area contributed by atoms with Crippen molar-refractivity contribution in [3.63, 3.8) is 0 Å². The molecule has 0 spiro atoms. The minimum atomic E-state index is 0.215. The van der Waals surface area contributed by atoms with E-state index in [2.05, 4.69) is 24.3 Å². The van der Waals surface area contributed by atoms with Gasteiger partial charge in [-0.05, 0) is 30.9 Å². The number of carbonyl (C=O) groups excluding carboxylic acids is 1. The van der Waals surface area contributed by atoms with Gasteiger partial charge in [0.05, 0.1) is 5.25 Å². The molecule has 1 aliphatic carbocycles. The van der Waals surface area contributed by atoms with Crippen molar-refractivity contribution in [1.29, 1.82) is 0 Å². The van der Waals surface area contributed by atoms with Crippen molar-refractivity contribution in [2.75, 3.05) is 0 Å². The van der Waals surface area contributed by atoms with E-state index < -0.39 is 0 Å². The van der Waals surface area contributed by atoms with E-state index in [1.165, 1.54) is 16.9 Å². The van der Waals surface area contributed by atoms with Gasteiger partial charge in [-0.2, -0.15) is 0 Å². The first-order valence-electron chi connectivity index (χ1n) is 5.63. The summed E-state index contributed by atoms with van der Waals surface area (Å²) in [7, 11) is 0. The second kappa shape index (κ2) is 3.67. The lowest BCUT2D eigenvalue weighted by molar-refractivity contribution is -0.124. The van der Waals surface area contributed by atoms with Crippen LogP contribution in [0.5, 0.6) is 0 Å². The van der Waals surface area contributed by atoms with Crippen LogP contribution in [0.2, 0.25) is 0 Å². The number of benzene rings is 1. The van der Waals surface area contributed by atoms with Crippen LogP contribution in [0, 0.1) is 5.92 Å². The van der Waals surface area contributed by atoms with E-state index in [9.17, 15) is 4.79 Å². The molecule has 1 atom stereocenters. The van der Waals surface area contributed by atoms with Crippen molar-refractivity contribution in [3.05, 3.63) is 29.8 Å². The van der Waals surface area contributed by atoms with Gasteiger partial charge < -0.3 is 0 Å². The monoisotopic (exact) mass is 218 g/mol. The first-order valence-corrected chi connectivity index (χ1v) is 6.51. The summed E-state index contributed by atoms with van der Waals surface area (Å²) in [6.45, 7) is 0. The van der Waals surface area contributed by atoms with Crippen LogP contribution in [-0.2, 0) is 11.2 Å². The molecule has 0 N–H and O–H groups in total. The maximum Gasteiger partial charge on any atom is 0.149 e. The van der Waals surface area contributed by atoms with Gasteiger partial charge in [-0.3, -0.25) is 4.79 Å². The van der Waals surface area contributed by atoms with E-state index in [0.717, 1.165) is 19.3 Å². The highest BCUT2D eigenvalue weighted by atomic mass is 32.2. The average molecular weight is 218 g/mol. The van der Waals surface area contributed by atoms with E-state index in [1.807, 2.05) is 0 Å². The second-order valence-electron chi connectivity index (χ2n) is 4.45. The normalized spacial score (nSPS) is 24.7. The van der Waals surface area contributed by atoms with Crippen molar-refractivity contribution in [3.8, 4) is 0 Å². The first kappa shape index (κ1) is 9.46. The number of hydrogen-bond donors (Lipinski definition) is 0. The van der Waals surface area contributed by atoms with Gasteiger partial charge >= 0.3 is 0 Å². The summed E-state index contributed by atoms with van der Waals surface area (Å²) in [6.07, 6.45) is 4.47. The Hall–Kier alpha value is -0.760. The topological polar surface area (TPSA) is 17.1 Å². The van der Waals surface area contributed by atoms with Gasteiger partial charge in [-0.25, -0.2) is 0 Å². The summed E-state index contributed by atoms with van der Waals surface area (Å²) >= 11 is 1.77. The van der Waals surface area contributed by atoms with Gasteiger partial charge in [0.25, 0.3) is 0 Å². The lowest BCUT2D eigenvalue weighted by atomic mass is 9.80. The summed E-state index contributed by atoms with van der Waals surface area (Å²) in [6, 6.07) is 8.40. The maximum atomic E-state index is 12.1. The molecule has 15 heavy (non-hydrogen) atoms. The van der Waals surface area contributed by atoms with Gasteiger partial charge in [-0.15, -0.1) is 11.8 Å². The molecule has 2 heteroatoms. The summed E-state index contributed by atoms with van der Waals surface area (Å²) < 4.78 is 0.